The van der Waals surface area contributed by atoms with Crippen molar-refractivity contribution >= 4 is 22.7 Å². The molecular formula is C17H14N2O3S. The van der Waals surface area contributed by atoms with Crippen LogP contribution in [0.3, 0.4) is 0 Å². The average Bonchev–Trinajstić information content (AvgIpc) is 3.07. The van der Waals surface area contributed by atoms with Gasteiger partial charge in [0, 0.05) is 4.90 Å². The zero-order valence-corrected chi connectivity index (χ0v) is 13.3. The zero-order chi connectivity index (χ0) is 15.6. The second kappa shape index (κ2) is 5.96. The highest BCUT2D eigenvalue weighted by atomic mass is 32.2. The summed E-state index contributed by atoms with van der Waals surface area (Å²) in [6, 6.07) is 11.9. The molecule has 1 aromatic heterocycles. The Morgan fingerprint density at radius 3 is 2.91 bits per heavy atom. The predicted octanol–water partition coefficient (Wildman–Crippen LogP) is 3.66. The van der Waals surface area contributed by atoms with E-state index in [1.165, 1.54) is 6.33 Å². The minimum Gasteiger partial charge on any atom is -0.472 e. The fourth-order valence-electron chi connectivity index (χ4n) is 2.44. The third-order valence-electron chi connectivity index (χ3n) is 3.62. The lowest BCUT2D eigenvalue weighted by Crippen LogP contribution is -1.99. The minimum atomic E-state index is 0.271. The topological polar surface area (TPSA) is 53.5 Å². The molecule has 1 aliphatic rings. The van der Waals surface area contributed by atoms with E-state index < -0.39 is 0 Å². The van der Waals surface area contributed by atoms with Crippen molar-refractivity contribution in [3.8, 4) is 17.4 Å². The maximum absolute atomic E-state index is 5.91. The molecule has 0 bridgehead atoms. The van der Waals surface area contributed by atoms with Crippen LogP contribution in [0.2, 0.25) is 0 Å². The molecule has 0 saturated carbocycles. The SMILES string of the molecule is CSc1ccc2ncnc(OCc3ccc4c(c3)OCO4)c2c1. The predicted molar refractivity (Wildman–Crippen MR) is 88.2 cm³/mol. The van der Waals surface area contributed by atoms with Crippen molar-refractivity contribution in [2.45, 2.75) is 11.5 Å². The van der Waals surface area contributed by atoms with Gasteiger partial charge in [0.1, 0.15) is 12.9 Å². The molecule has 0 radical (unpaired) electrons. The van der Waals surface area contributed by atoms with Crippen LogP contribution in [-0.4, -0.2) is 23.0 Å². The Morgan fingerprint density at radius 2 is 2.00 bits per heavy atom. The van der Waals surface area contributed by atoms with E-state index in [2.05, 4.69) is 16.0 Å². The molecule has 0 spiro atoms. The molecular weight excluding hydrogens is 312 g/mol. The lowest BCUT2D eigenvalue weighted by molar-refractivity contribution is 0.174. The van der Waals surface area contributed by atoms with Gasteiger partial charge in [-0.1, -0.05) is 6.07 Å². The number of aromatic nitrogens is 2. The first-order chi connectivity index (χ1) is 11.3. The van der Waals surface area contributed by atoms with E-state index >= 15 is 0 Å². The van der Waals surface area contributed by atoms with E-state index in [-0.39, 0.29) is 6.79 Å². The zero-order valence-electron chi connectivity index (χ0n) is 12.5. The maximum atomic E-state index is 5.91. The van der Waals surface area contributed by atoms with Gasteiger partial charge in [-0.2, -0.15) is 0 Å². The van der Waals surface area contributed by atoms with Crippen molar-refractivity contribution in [1.29, 1.82) is 0 Å². The molecule has 116 valence electrons. The smallest absolute Gasteiger partial charge is 0.231 e. The van der Waals surface area contributed by atoms with Gasteiger partial charge in [0.2, 0.25) is 12.7 Å². The van der Waals surface area contributed by atoms with Crippen LogP contribution in [0.25, 0.3) is 10.9 Å². The molecule has 0 amide bonds. The standard InChI is InChI=1S/C17H14N2O3S/c1-23-12-3-4-14-13(7-12)17(19-9-18-14)20-8-11-2-5-15-16(6-11)22-10-21-15/h2-7,9H,8,10H2,1H3. The molecule has 0 fully saturated rings. The Kier molecular flexibility index (Phi) is 3.67. The van der Waals surface area contributed by atoms with Gasteiger partial charge in [0.25, 0.3) is 0 Å². The highest BCUT2D eigenvalue weighted by Gasteiger charge is 2.14. The van der Waals surface area contributed by atoms with Crippen molar-refractivity contribution in [2.24, 2.45) is 0 Å². The molecule has 1 aliphatic heterocycles. The fraction of sp³-hybridized carbons (Fsp3) is 0.176. The summed E-state index contributed by atoms with van der Waals surface area (Å²) in [7, 11) is 0. The monoisotopic (exact) mass is 326 g/mol. The summed E-state index contributed by atoms with van der Waals surface area (Å²) in [5, 5.41) is 0.917. The highest BCUT2D eigenvalue weighted by molar-refractivity contribution is 7.98. The molecule has 0 N–H and O–H groups in total. The summed E-state index contributed by atoms with van der Waals surface area (Å²) < 4.78 is 16.6. The van der Waals surface area contributed by atoms with E-state index in [1.807, 2.05) is 36.6 Å². The van der Waals surface area contributed by atoms with E-state index in [1.54, 1.807) is 11.8 Å². The molecule has 3 aromatic rings. The second-order valence-electron chi connectivity index (χ2n) is 5.04. The Bertz CT molecular complexity index is 870. The molecule has 2 heterocycles. The van der Waals surface area contributed by atoms with Crippen molar-refractivity contribution < 1.29 is 14.2 Å². The number of fused-ring (bicyclic) bond motifs is 2. The molecule has 0 unspecified atom stereocenters. The van der Waals surface area contributed by atoms with Crippen LogP contribution < -0.4 is 14.2 Å². The first kappa shape index (κ1) is 14.1. The molecule has 0 saturated heterocycles. The first-order valence-corrected chi connectivity index (χ1v) is 8.36. The number of benzene rings is 2. The third kappa shape index (κ3) is 2.77. The summed E-state index contributed by atoms with van der Waals surface area (Å²) in [5.41, 5.74) is 1.88. The second-order valence-corrected chi connectivity index (χ2v) is 5.92. The summed E-state index contributed by atoms with van der Waals surface area (Å²) >= 11 is 1.68. The molecule has 0 aliphatic carbocycles. The van der Waals surface area contributed by atoms with Gasteiger partial charge in [-0.15, -0.1) is 11.8 Å². The summed E-state index contributed by atoms with van der Waals surface area (Å²) in [5.74, 6) is 2.11. The summed E-state index contributed by atoms with van der Waals surface area (Å²) in [6.07, 6.45) is 3.56. The highest BCUT2D eigenvalue weighted by Crippen LogP contribution is 2.33. The van der Waals surface area contributed by atoms with Crippen molar-refractivity contribution in [3.05, 3.63) is 48.3 Å². The van der Waals surface area contributed by atoms with E-state index in [9.17, 15) is 0 Å². The van der Waals surface area contributed by atoms with Crippen LogP contribution in [0.4, 0.5) is 0 Å². The summed E-state index contributed by atoms with van der Waals surface area (Å²) in [4.78, 5) is 9.71. The third-order valence-corrected chi connectivity index (χ3v) is 4.34. The number of nitrogens with zero attached hydrogens (tertiary/aromatic N) is 2. The Hall–Kier alpha value is -2.47. The maximum Gasteiger partial charge on any atom is 0.231 e. The normalized spacial score (nSPS) is 12.6. The van der Waals surface area contributed by atoms with E-state index in [0.29, 0.717) is 12.5 Å². The van der Waals surface area contributed by atoms with Crippen LogP contribution in [0, 0.1) is 0 Å². The van der Waals surface area contributed by atoms with E-state index in [4.69, 9.17) is 14.2 Å². The lowest BCUT2D eigenvalue weighted by Gasteiger charge is -2.09. The number of hydrogen-bond acceptors (Lipinski definition) is 6. The van der Waals surface area contributed by atoms with Crippen LogP contribution >= 0.6 is 11.8 Å². The van der Waals surface area contributed by atoms with Crippen LogP contribution in [0.15, 0.2) is 47.6 Å². The van der Waals surface area contributed by atoms with Crippen molar-refractivity contribution in [3.63, 3.8) is 0 Å². The molecule has 23 heavy (non-hydrogen) atoms. The van der Waals surface area contributed by atoms with Crippen LogP contribution in [-0.2, 0) is 6.61 Å². The average molecular weight is 326 g/mol. The summed E-state index contributed by atoms with van der Waals surface area (Å²) in [6.45, 7) is 0.680. The van der Waals surface area contributed by atoms with Crippen molar-refractivity contribution in [2.75, 3.05) is 13.0 Å². The van der Waals surface area contributed by atoms with Gasteiger partial charge in [-0.05, 0) is 42.2 Å². The Balaban J connectivity index is 1.60. The Morgan fingerprint density at radius 1 is 1.09 bits per heavy atom. The van der Waals surface area contributed by atoms with Gasteiger partial charge in [0.15, 0.2) is 11.5 Å². The largest absolute Gasteiger partial charge is 0.472 e. The van der Waals surface area contributed by atoms with E-state index in [0.717, 1.165) is 32.9 Å². The molecule has 5 nitrogen and oxygen atoms in total. The van der Waals surface area contributed by atoms with Crippen molar-refractivity contribution in [1.82, 2.24) is 9.97 Å². The van der Waals surface area contributed by atoms with Gasteiger partial charge in [-0.3, -0.25) is 0 Å². The van der Waals surface area contributed by atoms with Gasteiger partial charge in [0.05, 0.1) is 10.9 Å². The lowest BCUT2D eigenvalue weighted by atomic mass is 10.2. The number of ether oxygens (including phenoxy) is 3. The number of thioether (sulfide) groups is 1. The quantitative estimate of drug-likeness (QED) is 0.682. The molecule has 4 rings (SSSR count). The fourth-order valence-corrected chi connectivity index (χ4v) is 2.88. The van der Waals surface area contributed by atoms with Crippen LogP contribution in [0.5, 0.6) is 17.4 Å². The van der Waals surface area contributed by atoms with Gasteiger partial charge in [-0.25, -0.2) is 9.97 Å². The van der Waals surface area contributed by atoms with Gasteiger partial charge < -0.3 is 14.2 Å². The number of rotatable bonds is 4. The first-order valence-electron chi connectivity index (χ1n) is 7.13. The molecule has 0 atom stereocenters. The van der Waals surface area contributed by atoms with Crippen LogP contribution in [0.1, 0.15) is 5.56 Å². The minimum absolute atomic E-state index is 0.271. The number of hydrogen-bond donors (Lipinski definition) is 0. The van der Waals surface area contributed by atoms with Gasteiger partial charge >= 0.3 is 0 Å². The molecule has 6 heteroatoms. The molecule has 2 aromatic carbocycles. The Labute approximate surface area is 137 Å².